The average Bonchev–Trinajstić information content (AvgIpc) is 3.20. The first-order valence-electron chi connectivity index (χ1n) is 6.23. The van der Waals surface area contributed by atoms with Crippen molar-refractivity contribution in [3.63, 3.8) is 0 Å². The maximum Gasteiger partial charge on any atom is 0.331 e. The van der Waals surface area contributed by atoms with Gasteiger partial charge < -0.3 is 10.1 Å². The highest BCUT2D eigenvalue weighted by Crippen LogP contribution is 2.37. The average molecular weight is 278 g/mol. The number of esters is 1. The van der Waals surface area contributed by atoms with Crippen molar-refractivity contribution in [3.8, 4) is 0 Å². The molecule has 0 unspecified atom stereocenters. The van der Waals surface area contributed by atoms with Gasteiger partial charge in [-0.2, -0.15) is 0 Å². The van der Waals surface area contributed by atoms with Gasteiger partial charge in [0.15, 0.2) is 0 Å². The third kappa shape index (κ3) is 2.76. The number of nitro groups is 1. The van der Waals surface area contributed by atoms with Crippen molar-refractivity contribution in [2.75, 3.05) is 6.61 Å². The van der Waals surface area contributed by atoms with E-state index in [2.05, 4.69) is 5.32 Å². The second-order valence-corrected chi connectivity index (χ2v) is 4.56. The van der Waals surface area contributed by atoms with Crippen molar-refractivity contribution >= 4 is 17.6 Å². The summed E-state index contributed by atoms with van der Waals surface area (Å²) in [6.07, 6.45) is 1.04. The van der Waals surface area contributed by atoms with Crippen LogP contribution in [0.25, 0.3) is 0 Å². The highest BCUT2D eigenvalue weighted by atomic mass is 16.6. The van der Waals surface area contributed by atoms with Crippen molar-refractivity contribution in [2.24, 2.45) is 0 Å². The van der Waals surface area contributed by atoms with Crippen LogP contribution in [0.5, 0.6) is 0 Å². The van der Waals surface area contributed by atoms with Gasteiger partial charge >= 0.3 is 5.97 Å². The molecule has 0 spiro atoms. The standard InChI is InChI=1S/C13H14N2O5/c1-2-20-12(17)13(6-7-13)14-11(16)9-4-3-5-10(8-9)15(18)19/h3-5,8H,2,6-7H2,1H3,(H,14,16). The Hall–Kier alpha value is -2.44. The number of hydrogen-bond donors (Lipinski definition) is 1. The van der Waals surface area contributed by atoms with Crippen molar-refractivity contribution in [3.05, 3.63) is 39.9 Å². The number of nitro benzene ring substituents is 1. The molecule has 1 aromatic carbocycles. The number of carbonyl (C=O) groups is 2. The fourth-order valence-electron chi connectivity index (χ4n) is 1.82. The Bertz CT molecular complexity index is 566. The van der Waals surface area contributed by atoms with Gasteiger partial charge in [-0.1, -0.05) is 6.07 Å². The first kappa shape index (κ1) is 14.0. The second-order valence-electron chi connectivity index (χ2n) is 4.56. The lowest BCUT2D eigenvalue weighted by Gasteiger charge is -2.15. The summed E-state index contributed by atoms with van der Waals surface area (Å²) in [4.78, 5) is 33.9. The molecule has 1 aliphatic rings. The van der Waals surface area contributed by atoms with Crippen LogP contribution in [0, 0.1) is 10.1 Å². The van der Waals surface area contributed by atoms with Crippen LogP contribution in [0.2, 0.25) is 0 Å². The zero-order valence-corrected chi connectivity index (χ0v) is 10.9. The monoisotopic (exact) mass is 278 g/mol. The molecular weight excluding hydrogens is 264 g/mol. The summed E-state index contributed by atoms with van der Waals surface area (Å²) in [7, 11) is 0. The van der Waals surface area contributed by atoms with Gasteiger partial charge in [-0.3, -0.25) is 14.9 Å². The molecule has 0 heterocycles. The molecule has 1 aliphatic carbocycles. The van der Waals surface area contributed by atoms with Gasteiger partial charge in [-0.15, -0.1) is 0 Å². The van der Waals surface area contributed by atoms with E-state index in [1.54, 1.807) is 6.92 Å². The van der Waals surface area contributed by atoms with E-state index in [1.807, 2.05) is 0 Å². The summed E-state index contributed by atoms with van der Waals surface area (Å²) in [5.41, 5.74) is -0.981. The molecular formula is C13H14N2O5. The topological polar surface area (TPSA) is 98.5 Å². The zero-order valence-electron chi connectivity index (χ0n) is 10.9. The number of rotatable bonds is 5. The summed E-state index contributed by atoms with van der Waals surface area (Å²) in [5.74, 6) is -0.974. The van der Waals surface area contributed by atoms with Gasteiger partial charge in [0.05, 0.1) is 11.5 Å². The normalized spacial score (nSPS) is 15.2. The molecule has 7 heteroatoms. The molecule has 1 aromatic rings. The number of non-ortho nitro benzene ring substituents is 1. The molecule has 1 fully saturated rings. The van der Waals surface area contributed by atoms with Crippen LogP contribution >= 0.6 is 0 Å². The summed E-state index contributed by atoms with van der Waals surface area (Å²) in [6.45, 7) is 1.93. The minimum absolute atomic E-state index is 0.148. The van der Waals surface area contributed by atoms with Crippen LogP contribution in [-0.2, 0) is 9.53 Å². The van der Waals surface area contributed by atoms with Gasteiger partial charge in [0.1, 0.15) is 5.54 Å². The quantitative estimate of drug-likeness (QED) is 0.499. The lowest BCUT2D eigenvalue weighted by molar-refractivity contribution is -0.384. The van der Waals surface area contributed by atoms with Crippen LogP contribution in [-0.4, -0.2) is 28.9 Å². The first-order chi connectivity index (χ1) is 9.48. The molecule has 0 radical (unpaired) electrons. The van der Waals surface area contributed by atoms with Crippen LogP contribution in [0.15, 0.2) is 24.3 Å². The minimum Gasteiger partial charge on any atom is -0.464 e. The van der Waals surface area contributed by atoms with Gasteiger partial charge in [0.25, 0.3) is 11.6 Å². The SMILES string of the molecule is CCOC(=O)C1(NC(=O)c2cccc([N+](=O)[O-])c2)CC1. The van der Waals surface area contributed by atoms with Crippen LogP contribution in [0.1, 0.15) is 30.1 Å². The largest absolute Gasteiger partial charge is 0.464 e. The van der Waals surface area contributed by atoms with E-state index in [4.69, 9.17) is 4.74 Å². The third-order valence-electron chi connectivity index (χ3n) is 3.09. The van der Waals surface area contributed by atoms with Gasteiger partial charge in [0, 0.05) is 17.7 Å². The van der Waals surface area contributed by atoms with Gasteiger partial charge in [-0.25, -0.2) is 4.79 Å². The van der Waals surface area contributed by atoms with Crippen LogP contribution in [0.4, 0.5) is 5.69 Å². The van der Waals surface area contributed by atoms with Crippen molar-refractivity contribution in [1.29, 1.82) is 0 Å². The highest BCUT2D eigenvalue weighted by Gasteiger charge is 2.52. The van der Waals surface area contributed by atoms with Gasteiger partial charge in [0.2, 0.25) is 0 Å². The number of benzene rings is 1. The van der Waals surface area contributed by atoms with Crippen molar-refractivity contribution in [2.45, 2.75) is 25.3 Å². The number of ether oxygens (including phenoxy) is 1. The third-order valence-corrected chi connectivity index (χ3v) is 3.09. The van der Waals surface area contributed by atoms with E-state index in [0.717, 1.165) is 0 Å². The maximum absolute atomic E-state index is 12.0. The molecule has 0 aliphatic heterocycles. The lowest BCUT2D eigenvalue weighted by atomic mass is 10.1. The number of amides is 1. The van der Waals surface area contributed by atoms with E-state index in [9.17, 15) is 19.7 Å². The zero-order chi connectivity index (χ0) is 14.8. The predicted molar refractivity (Wildman–Crippen MR) is 69.2 cm³/mol. The fraction of sp³-hybridized carbons (Fsp3) is 0.385. The van der Waals surface area contributed by atoms with Crippen LogP contribution < -0.4 is 5.32 Å². The maximum atomic E-state index is 12.0. The molecule has 0 saturated heterocycles. The first-order valence-corrected chi connectivity index (χ1v) is 6.23. The molecule has 1 amide bonds. The van der Waals surface area contributed by atoms with E-state index in [-0.39, 0.29) is 17.9 Å². The Morgan fingerprint density at radius 3 is 2.70 bits per heavy atom. The Balaban J connectivity index is 2.11. The second kappa shape index (κ2) is 5.28. The molecule has 0 aromatic heterocycles. The van der Waals surface area contributed by atoms with E-state index < -0.39 is 22.3 Å². The Morgan fingerprint density at radius 1 is 1.45 bits per heavy atom. The van der Waals surface area contributed by atoms with E-state index >= 15 is 0 Å². The van der Waals surface area contributed by atoms with Crippen molar-refractivity contribution < 1.29 is 19.2 Å². The lowest BCUT2D eigenvalue weighted by Crippen LogP contribution is -2.44. The Labute approximate surface area is 115 Å². The molecule has 20 heavy (non-hydrogen) atoms. The summed E-state index contributed by atoms with van der Waals surface area (Å²) >= 11 is 0. The molecule has 7 nitrogen and oxygen atoms in total. The number of nitrogens with one attached hydrogen (secondary N) is 1. The molecule has 0 bridgehead atoms. The molecule has 106 valence electrons. The highest BCUT2D eigenvalue weighted by molar-refractivity contribution is 5.99. The fourth-order valence-corrected chi connectivity index (χ4v) is 1.82. The molecule has 2 rings (SSSR count). The summed E-state index contributed by atoms with van der Waals surface area (Å²) in [5, 5.41) is 13.3. The molecule has 1 saturated carbocycles. The minimum atomic E-state index is -0.961. The Morgan fingerprint density at radius 2 is 2.15 bits per heavy atom. The number of hydrogen-bond acceptors (Lipinski definition) is 5. The molecule has 0 atom stereocenters. The predicted octanol–water partition coefficient (Wildman–Crippen LogP) is 1.42. The number of nitrogens with zero attached hydrogens (tertiary/aromatic N) is 1. The van der Waals surface area contributed by atoms with E-state index in [1.165, 1.54) is 24.3 Å². The summed E-state index contributed by atoms with van der Waals surface area (Å²) < 4.78 is 4.91. The van der Waals surface area contributed by atoms with Crippen molar-refractivity contribution in [1.82, 2.24) is 5.32 Å². The smallest absolute Gasteiger partial charge is 0.331 e. The Kier molecular flexibility index (Phi) is 3.69. The molecule has 1 N–H and O–H groups in total. The van der Waals surface area contributed by atoms with E-state index in [0.29, 0.717) is 12.8 Å². The number of carbonyl (C=O) groups excluding carboxylic acids is 2. The van der Waals surface area contributed by atoms with Gasteiger partial charge in [-0.05, 0) is 25.8 Å². The van der Waals surface area contributed by atoms with Crippen LogP contribution in [0.3, 0.4) is 0 Å². The summed E-state index contributed by atoms with van der Waals surface area (Å²) in [6, 6.07) is 5.37.